The van der Waals surface area contributed by atoms with Crippen LogP contribution in [0.4, 0.5) is 0 Å². The van der Waals surface area contributed by atoms with Crippen LogP contribution in [0.25, 0.3) is 0 Å². The molecule has 0 unspecified atom stereocenters. The molecule has 0 aliphatic carbocycles. The van der Waals surface area contributed by atoms with Crippen molar-refractivity contribution in [3.63, 3.8) is 0 Å². The van der Waals surface area contributed by atoms with E-state index in [2.05, 4.69) is 0 Å². The molecule has 94 valence electrons. The number of carboxylic acid groups (broad SMARTS) is 1. The van der Waals surface area contributed by atoms with Crippen molar-refractivity contribution < 1.29 is 40.4 Å². The van der Waals surface area contributed by atoms with E-state index < -0.39 is 26.5 Å². The first kappa shape index (κ1) is 19.8. The number of carbonyl (C=O) groups is 1. The maximum Gasteiger partial charge on any atom is 0.394 e. The lowest BCUT2D eigenvalue weighted by Gasteiger charge is -1.71. The third-order valence-electron chi connectivity index (χ3n) is 0.302. The molecule has 0 aromatic heterocycles. The Kier molecular flexibility index (Phi) is 11.3. The van der Waals surface area contributed by atoms with Gasteiger partial charge >= 0.3 is 16.4 Å². The van der Waals surface area contributed by atoms with E-state index in [-0.39, 0.29) is 6.42 Å². The van der Waals surface area contributed by atoms with Crippen LogP contribution >= 0.6 is 0 Å². The Labute approximate surface area is 87.1 Å². The molecule has 0 aromatic carbocycles. The van der Waals surface area contributed by atoms with Gasteiger partial charge in [0, 0.05) is 6.42 Å². The molecule has 0 fully saturated rings. The molecular weight excluding hydrogens is 256 g/mol. The Hall–Kier alpha value is -0.750. The minimum absolute atomic E-state index is 0.222. The average Bonchev–Trinajstić information content (AvgIpc) is 1.79. The monoisotopic (exact) mass is 268 g/mol. The molecule has 0 aliphatic heterocycles. The van der Waals surface area contributed by atoms with Crippen molar-refractivity contribution in [2.75, 3.05) is 6.26 Å². The summed E-state index contributed by atoms with van der Waals surface area (Å²) >= 11 is 0. The lowest BCUT2D eigenvalue weighted by atomic mass is 10.5. The van der Waals surface area contributed by atoms with E-state index in [1.165, 1.54) is 0 Å². The highest BCUT2D eigenvalue weighted by atomic mass is 32.3. The zero-order valence-electron chi connectivity index (χ0n) is 7.85. The average molecular weight is 268 g/mol. The molecule has 4 N–H and O–H groups in total. The molecule has 15 heavy (non-hydrogen) atoms. The molecule has 0 atom stereocenters. The van der Waals surface area contributed by atoms with Gasteiger partial charge in [0.1, 0.15) is 0 Å². The Morgan fingerprint density at radius 2 is 1.13 bits per heavy atom. The van der Waals surface area contributed by atoms with E-state index in [0.29, 0.717) is 6.26 Å². The first-order chi connectivity index (χ1) is 6.27. The summed E-state index contributed by atoms with van der Waals surface area (Å²) in [6.07, 6.45) is 0.937. The smallest absolute Gasteiger partial charge is 0.394 e. The van der Waals surface area contributed by atoms with Gasteiger partial charge in [-0.1, -0.05) is 6.92 Å². The summed E-state index contributed by atoms with van der Waals surface area (Å²) in [7, 11) is -8.33. The van der Waals surface area contributed by atoms with Gasteiger partial charge in [0.15, 0.2) is 0 Å². The summed E-state index contributed by atoms with van der Waals surface area (Å²) in [4.78, 5) is 9.37. The molecule has 0 rings (SSSR count). The van der Waals surface area contributed by atoms with E-state index >= 15 is 0 Å². The Morgan fingerprint density at radius 3 is 1.13 bits per heavy atom. The summed E-state index contributed by atoms with van der Waals surface area (Å²) in [6, 6.07) is 0. The Balaban J connectivity index is -0.000000144. The zero-order chi connectivity index (χ0) is 13.3. The van der Waals surface area contributed by atoms with Crippen LogP contribution in [0, 0.1) is 0 Å². The van der Waals surface area contributed by atoms with Gasteiger partial charge in [0.2, 0.25) is 0 Å². The summed E-state index contributed by atoms with van der Waals surface area (Å²) in [5.74, 6) is -0.745. The summed E-state index contributed by atoms with van der Waals surface area (Å²) < 4.78 is 57.5. The zero-order valence-corrected chi connectivity index (χ0v) is 9.49. The third kappa shape index (κ3) is 1070. The maximum atomic E-state index is 9.37. The normalized spacial score (nSPS) is 10.2. The number of hydrogen-bond acceptors (Lipinski definition) is 5. The van der Waals surface area contributed by atoms with Crippen LogP contribution in [0.3, 0.4) is 0 Å². The molecule has 11 heteroatoms. The van der Waals surface area contributed by atoms with Crippen LogP contribution in [0.2, 0.25) is 0 Å². The number of rotatable bonds is 1. The summed E-state index contributed by atoms with van der Waals surface area (Å²) in [6.45, 7) is 1.60. The van der Waals surface area contributed by atoms with E-state index in [9.17, 15) is 13.2 Å². The van der Waals surface area contributed by atoms with Crippen LogP contribution in [0.15, 0.2) is 0 Å². The number of hydrogen-bond donors (Lipinski definition) is 4. The predicted octanol–water partition coefficient (Wildman–Crippen LogP) is -0.668. The van der Waals surface area contributed by atoms with Crippen LogP contribution in [-0.2, 0) is 25.3 Å². The minimum atomic E-state index is -4.67. The molecule has 0 aromatic rings. The Bertz CT molecular complexity index is 304. The van der Waals surface area contributed by atoms with E-state index in [0.717, 1.165) is 0 Å². The lowest BCUT2D eigenvalue weighted by molar-refractivity contribution is -0.136. The fourth-order valence-corrected chi connectivity index (χ4v) is 0. The van der Waals surface area contributed by atoms with Crippen molar-refractivity contribution in [2.24, 2.45) is 0 Å². The van der Waals surface area contributed by atoms with Gasteiger partial charge in [-0.25, -0.2) is 0 Å². The fraction of sp³-hybridized carbons (Fsp3) is 0.750. The highest BCUT2D eigenvalue weighted by Gasteiger charge is 1.84. The van der Waals surface area contributed by atoms with Crippen molar-refractivity contribution >= 4 is 26.5 Å². The second-order valence-corrected chi connectivity index (χ2v) is 4.29. The molecule has 0 amide bonds. The predicted molar refractivity (Wildman–Crippen MR) is 49.6 cm³/mol. The second kappa shape index (κ2) is 8.55. The van der Waals surface area contributed by atoms with E-state index in [4.69, 9.17) is 27.2 Å². The molecule has 9 nitrogen and oxygen atoms in total. The lowest BCUT2D eigenvalue weighted by Crippen LogP contribution is -1.89. The number of carboxylic acids is 1. The second-order valence-electron chi connectivity index (χ2n) is 1.93. The van der Waals surface area contributed by atoms with Gasteiger partial charge in [0.05, 0.1) is 6.26 Å². The standard InChI is InChI=1S/C3H6O2.CH4O3S.H2O4S/c1-2-3(4)5;2*1-5(2,3)4/h2H2,1H3,(H,4,5);1H3,(H,2,3,4);(H2,1,2,3,4). The topological polar surface area (TPSA) is 166 Å². The van der Waals surface area contributed by atoms with Gasteiger partial charge < -0.3 is 5.11 Å². The van der Waals surface area contributed by atoms with Gasteiger partial charge in [-0.2, -0.15) is 16.8 Å². The van der Waals surface area contributed by atoms with E-state index in [1.807, 2.05) is 0 Å². The highest BCUT2D eigenvalue weighted by molar-refractivity contribution is 7.85. The first-order valence-electron chi connectivity index (χ1n) is 3.11. The van der Waals surface area contributed by atoms with Crippen LogP contribution in [0.5, 0.6) is 0 Å². The van der Waals surface area contributed by atoms with Crippen LogP contribution in [0.1, 0.15) is 13.3 Å². The largest absolute Gasteiger partial charge is 0.481 e. The molecule has 0 spiro atoms. The van der Waals surface area contributed by atoms with Gasteiger partial charge in [-0.05, 0) is 0 Å². The van der Waals surface area contributed by atoms with Crippen molar-refractivity contribution in [3.05, 3.63) is 0 Å². The quantitative estimate of drug-likeness (QED) is 0.451. The highest BCUT2D eigenvalue weighted by Crippen LogP contribution is 1.67. The molecule has 0 bridgehead atoms. The van der Waals surface area contributed by atoms with E-state index in [1.54, 1.807) is 6.92 Å². The molecule has 0 aliphatic rings. The van der Waals surface area contributed by atoms with Gasteiger partial charge in [-0.15, -0.1) is 0 Å². The van der Waals surface area contributed by atoms with Gasteiger partial charge in [-0.3, -0.25) is 18.5 Å². The van der Waals surface area contributed by atoms with Crippen LogP contribution in [-0.4, -0.2) is 47.8 Å². The molecular formula is C4H12O9S2. The van der Waals surface area contributed by atoms with Crippen molar-refractivity contribution in [3.8, 4) is 0 Å². The van der Waals surface area contributed by atoms with Crippen molar-refractivity contribution in [1.82, 2.24) is 0 Å². The molecule has 0 saturated carbocycles. The fourth-order valence-electron chi connectivity index (χ4n) is 0. The van der Waals surface area contributed by atoms with Crippen molar-refractivity contribution in [1.29, 1.82) is 0 Å². The summed E-state index contributed by atoms with van der Waals surface area (Å²) in [5.41, 5.74) is 0. The minimum Gasteiger partial charge on any atom is -0.481 e. The molecule has 0 radical (unpaired) electrons. The van der Waals surface area contributed by atoms with Gasteiger partial charge in [0.25, 0.3) is 10.1 Å². The first-order valence-corrected chi connectivity index (χ1v) is 6.36. The third-order valence-corrected chi connectivity index (χ3v) is 0.302. The van der Waals surface area contributed by atoms with Crippen LogP contribution < -0.4 is 0 Å². The molecule has 0 saturated heterocycles. The Morgan fingerprint density at radius 1 is 1.07 bits per heavy atom. The molecule has 0 heterocycles. The number of aliphatic carboxylic acids is 1. The summed E-state index contributed by atoms with van der Waals surface area (Å²) in [5, 5.41) is 7.72. The maximum absolute atomic E-state index is 9.37. The SMILES string of the molecule is CCC(=O)O.CS(=O)(=O)O.O=S(=O)(O)O. The van der Waals surface area contributed by atoms with Crippen molar-refractivity contribution in [2.45, 2.75) is 13.3 Å².